The second-order valence-electron chi connectivity index (χ2n) is 3.30. The van der Waals surface area contributed by atoms with Crippen LogP contribution in [-0.2, 0) is 0 Å². The molecule has 13 heavy (non-hydrogen) atoms. The summed E-state index contributed by atoms with van der Waals surface area (Å²) >= 11 is 0. The Bertz CT molecular complexity index is 314. The number of benzene rings is 1. The van der Waals surface area contributed by atoms with Crippen LogP contribution in [0, 0.1) is 11.8 Å². The van der Waals surface area contributed by atoms with Gasteiger partial charge in [0.05, 0.1) is 6.54 Å². The Morgan fingerprint density at radius 1 is 1.15 bits per heavy atom. The lowest BCUT2D eigenvalue weighted by Crippen LogP contribution is -2.37. The van der Waals surface area contributed by atoms with Gasteiger partial charge in [0.2, 0.25) is 0 Å². The van der Waals surface area contributed by atoms with E-state index in [0.717, 1.165) is 12.1 Å². The molecule has 1 heterocycles. The van der Waals surface area contributed by atoms with Gasteiger partial charge in [0.25, 0.3) is 0 Å². The molecule has 0 atom stereocenters. The van der Waals surface area contributed by atoms with Crippen molar-refractivity contribution in [2.45, 2.75) is 6.42 Å². The van der Waals surface area contributed by atoms with Crippen LogP contribution in [0.5, 0.6) is 0 Å². The summed E-state index contributed by atoms with van der Waals surface area (Å²) in [6.07, 6.45) is 1.34. The average molecular weight is 171 g/mol. The van der Waals surface area contributed by atoms with Gasteiger partial charge in [-0.2, -0.15) is 0 Å². The summed E-state index contributed by atoms with van der Waals surface area (Å²) in [7, 11) is 0. The zero-order valence-corrected chi connectivity index (χ0v) is 7.66. The van der Waals surface area contributed by atoms with Crippen molar-refractivity contribution in [1.29, 1.82) is 0 Å². The van der Waals surface area contributed by atoms with E-state index in [2.05, 4.69) is 16.7 Å². The van der Waals surface area contributed by atoms with Crippen molar-refractivity contribution in [2.75, 3.05) is 19.6 Å². The van der Waals surface area contributed by atoms with E-state index in [-0.39, 0.29) is 0 Å². The summed E-state index contributed by atoms with van der Waals surface area (Å²) in [5.41, 5.74) is 1.11. The smallest absolute Gasteiger partial charge is 0.0605 e. The molecule has 1 nitrogen and oxygen atoms in total. The molecule has 1 aromatic rings. The molecular weight excluding hydrogens is 158 g/mol. The molecule has 1 heteroatoms. The normalized spacial score (nSPS) is 15.7. The lowest BCUT2D eigenvalue weighted by molar-refractivity contribution is 0.207. The molecule has 0 saturated carbocycles. The fourth-order valence-electron chi connectivity index (χ4n) is 1.31. The minimum absolute atomic E-state index is 0.925. The molecule has 0 bridgehead atoms. The number of likely N-dealkylation sites (tertiary alicyclic amines) is 1. The number of rotatable bonds is 1. The maximum absolute atomic E-state index is 3.18. The number of hydrogen-bond donors (Lipinski definition) is 0. The van der Waals surface area contributed by atoms with Crippen LogP contribution >= 0.6 is 0 Å². The second kappa shape index (κ2) is 4.11. The molecule has 1 aliphatic rings. The van der Waals surface area contributed by atoms with E-state index in [4.69, 9.17) is 0 Å². The maximum Gasteiger partial charge on any atom is 0.0605 e. The summed E-state index contributed by atoms with van der Waals surface area (Å²) < 4.78 is 0. The number of nitrogens with zero attached hydrogens (tertiary/aromatic N) is 1. The van der Waals surface area contributed by atoms with E-state index < -0.39 is 0 Å². The van der Waals surface area contributed by atoms with Gasteiger partial charge in [-0.05, 0) is 18.6 Å². The highest BCUT2D eigenvalue weighted by Gasteiger charge is 2.10. The van der Waals surface area contributed by atoms with Crippen molar-refractivity contribution in [3.63, 3.8) is 0 Å². The SMILES string of the molecule is C(#Cc1ccccc1)CN1CCC1. The first kappa shape index (κ1) is 8.34. The molecule has 0 aromatic heterocycles. The van der Waals surface area contributed by atoms with Gasteiger partial charge in [-0.25, -0.2) is 0 Å². The fourth-order valence-corrected chi connectivity index (χ4v) is 1.31. The van der Waals surface area contributed by atoms with Crippen LogP contribution in [0.2, 0.25) is 0 Å². The average Bonchev–Trinajstić information content (AvgIpc) is 2.11. The lowest BCUT2D eigenvalue weighted by Gasteiger charge is -2.28. The van der Waals surface area contributed by atoms with E-state index in [1.807, 2.05) is 30.3 Å². The van der Waals surface area contributed by atoms with E-state index in [1.165, 1.54) is 19.5 Å². The molecule has 2 rings (SSSR count). The van der Waals surface area contributed by atoms with Crippen molar-refractivity contribution in [1.82, 2.24) is 4.90 Å². The molecule has 1 saturated heterocycles. The molecule has 0 amide bonds. The summed E-state index contributed by atoms with van der Waals surface area (Å²) in [6.45, 7) is 3.38. The molecule has 0 unspecified atom stereocenters. The Hall–Kier alpha value is -1.26. The molecule has 0 aliphatic carbocycles. The van der Waals surface area contributed by atoms with Crippen LogP contribution in [0.1, 0.15) is 12.0 Å². The zero-order chi connectivity index (χ0) is 8.93. The lowest BCUT2D eigenvalue weighted by atomic mass is 10.2. The monoisotopic (exact) mass is 171 g/mol. The Morgan fingerprint density at radius 3 is 2.54 bits per heavy atom. The quantitative estimate of drug-likeness (QED) is 0.582. The second-order valence-corrected chi connectivity index (χ2v) is 3.30. The van der Waals surface area contributed by atoms with Gasteiger partial charge in [-0.1, -0.05) is 30.0 Å². The molecule has 0 spiro atoms. The Balaban J connectivity index is 1.89. The van der Waals surface area contributed by atoms with Gasteiger partial charge in [0.1, 0.15) is 0 Å². The topological polar surface area (TPSA) is 3.24 Å². The molecule has 1 aromatic carbocycles. The summed E-state index contributed by atoms with van der Waals surface area (Å²) in [6, 6.07) is 10.1. The molecular formula is C12H13N. The highest BCUT2D eigenvalue weighted by atomic mass is 15.2. The third-order valence-electron chi connectivity index (χ3n) is 2.26. The van der Waals surface area contributed by atoms with Gasteiger partial charge in [0, 0.05) is 18.7 Å². The van der Waals surface area contributed by atoms with Crippen LogP contribution in [-0.4, -0.2) is 24.5 Å². The first-order valence-corrected chi connectivity index (χ1v) is 4.71. The van der Waals surface area contributed by atoms with Gasteiger partial charge < -0.3 is 0 Å². The van der Waals surface area contributed by atoms with Crippen molar-refractivity contribution in [3.8, 4) is 11.8 Å². The van der Waals surface area contributed by atoms with Crippen molar-refractivity contribution < 1.29 is 0 Å². The predicted octanol–water partition coefficient (Wildman–Crippen LogP) is 1.74. The number of hydrogen-bond acceptors (Lipinski definition) is 1. The minimum Gasteiger partial charge on any atom is -0.292 e. The van der Waals surface area contributed by atoms with E-state index >= 15 is 0 Å². The Labute approximate surface area is 79.4 Å². The van der Waals surface area contributed by atoms with Gasteiger partial charge in [0.15, 0.2) is 0 Å². The summed E-state index contributed by atoms with van der Waals surface area (Å²) in [5.74, 6) is 6.33. The zero-order valence-electron chi connectivity index (χ0n) is 7.66. The van der Waals surface area contributed by atoms with Crippen LogP contribution < -0.4 is 0 Å². The fraction of sp³-hybridized carbons (Fsp3) is 0.333. The van der Waals surface area contributed by atoms with E-state index in [9.17, 15) is 0 Å². The van der Waals surface area contributed by atoms with Crippen LogP contribution in [0.15, 0.2) is 30.3 Å². The molecule has 66 valence electrons. The highest BCUT2D eigenvalue weighted by Crippen LogP contribution is 2.03. The molecule has 0 radical (unpaired) electrons. The highest BCUT2D eigenvalue weighted by molar-refractivity contribution is 5.33. The third kappa shape index (κ3) is 2.34. The largest absolute Gasteiger partial charge is 0.292 e. The van der Waals surface area contributed by atoms with Crippen LogP contribution in [0.3, 0.4) is 0 Å². The first-order chi connectivity index (χ1) is 6.45. The third-order valence-corrected chi connectivity index (χ3v) is 2.26. The summed E-state index contributed by atoms with van der Waals surface area (Å²) in [4.78, 5) is 2.36. The van der Waals surface area contributed by atoms with Crippen LogP contribution in [0.25, 0.3) is 0 Å². The predicted molar refractivity (Wildman–Crippen MR) is 54.4 cm³/mol. The van der Waals surface area contributed by atoms with Gasteiger partial charge in [-0.15, -0.1) is 0 Å². The van der Waals surface area contributed by atoms with Crippen molar-refractivity contribution in [2.24, 2.45) is 0 Å². The minimum atomic E-state index is 0.925. The van der Waals surface area contributed by atoms with E-state index in [0.29, 0.717) is 0 Å². The van der Waals surface area contributed by atoms with Crippen molar-refractivity contribution in [3.05, 3.63) is 35.9 Å². The Morgan fingerprint density at radius 2 is 1.92 bits per heavy atom. The molecule has 0 N–H and O–H groups in total. The molecule has 1 aliphatic heterocycles. The maximum atomic E-state index is 3.18. The van der Waals surface area contributed by atoms with Gasteiger partial charge >= 0.3 is 0 Å². The Kier molecular flexibility index (Phi) is 2.64. The first-order valence-electron chi connectivity index (χ1n) is 4.71. The molecule has 1 fully saturated rings. The standard InChI is InChI=1S/C12H13N/c1-2-6-12(7-3-1)8-4-9-13-10-5-11-13/h1-3,6-7H,5,9-11H2. The van der Waals surface area contributed by atoms with E-state index in [1.54, 1.807) is 0 Å². The van der Waals surface area contributed by atoms with Gasteiger partial charge in [-0.3, -0.25) is 4.90 Å². The van der Waals surface area contributed by atoms with Crippen LogP contribution in [0.4, 0.5) is 0 Å². The van der Waals surface area contributed by atoms with Crippen molar-refractivity contribution >= 4 is 0 Å². The summed E-state index contributed by atoms with van der Waals surface area (Å²) in [5, 5.41) is 0.